The van der Waals surface area contributed by atoms with Gasteiger partial charge in [-0.15, -0.1) is 0 Å². The van der Waals surface area contributed by atoms with E-state index in [-0.39, 0.29) is 11.2 Å². The quantitative estimate of drug-likeness (QED) is 0.782. The molecule has 0 unspecified atom stereocenters. The number of nitrogens with zero attached hydrogens (tertiary/aromatic N) is 1. The zero-order valence-electron chi connectivity index (χ0n) is 10.6. The summed E-state index contributed by atoms with van der Waals surface area (Å²) < 4.78 is 0. The lowest BCUT2D eigenvalue weighted by Crippen LogP contribution is -2.17. The molecule has 86 valence electrons. The smallest absolute Gasteiger partial charge is 0.116 e. The second kappa shape index (κ2) is 3.83. The monoisotopic (exact) mass is 217 g/mol. The Balaban J connectivity index is 3.36. The fourth-order valence-electron chi connectivity index (χ4n) is 1.47. The highest BCUT2D eigenvalue weighted by molar-refractivity contribution is 5.42. The predicted octanol–water partition coefficient (Wildman–Crippen LogP) is 3.49. The van der Waals surface area contributed by atoms with Crippen molar-refractivity contribution >= 4 is 0 Å². The highest BCUT2D eigenvalue weighted by atomic mass is 16.3. The fourth-order valence-corrected chi connectivity index (χ4v) is 1.47. The molecule has 0 atom stereocenters. The number of benzene rings is 1. The predicted molar refractivity (Wildman–Crippen MR) is 65.4 cm³/mol. The van der Waals surface area contributed by atoms with Crippen LogP contribution < -0.4 is 0 Å². The van der Waals surface area contributed by atoms with E-state index in [1.54, 1.807) is 12.1 Å². The van der Waals surface area contributed by atoms with Crippen LogP contribution in [0.1, 0.15) is 45.7 Å². The van der Waals surface area contributed by atoms with Gasteiger partial charge < -0.3 is 5.11 Å². The van der Waals surface area contributed by atoms with Gasteiger partial charge in [0.25, 0.3) is 0 Å². The summed E-state index contributed by atoms with van der Waals surface area (Å²) >= 11 is 0. The van der Waals surface area contributed by atoms with Gasteiger partial charge in [0, 0.05) is 0 Å². The Bertz CT molecular complexity index is 433. The SMILES string of the molecule is CC(C)(C)c1cc(O)cc(C(C)(C)C#N)c1. The fraction of sp³-hybridized carbons (Fsp3) is 0.500. The maximum Gasteiger partial charge on any atom is 0.116 e. The Morgan fingerprint density at radius 3 is 1.94 bits per heavy atom. The van der Waals surface area contributed by atoms with Crippen molar-refractivity contribution in [2.75, 3.05) is 0 Å². The van der Waals surface area contributed by atoms with Gasteiger partial charge in [0.15, 0.2) is 0 Å². The van der Waals surface area contributed by atoms with Crippen molar-refractivity contribution in [1.29, 1.82) is 5.26 Å². The molecule has 16 heavy (non-hydrogen) atoms. The summed E-state index contributed by atoms with van der Waals surface area (Å²) in [5.74, 6) is 0.228. The van der Waals surface area contributed by atoms with Crippen LogP contribution in [0.2, 0.25) is 0 Å². The highest BCUT2D eigenvalue weighted by Crippen LogP contribution is 2.32. The lowest BCUT2D eigenvalue weighted by Gasteiger charge is -2.23. The van der Waals surface area contributed by atoms with E-state index in [1.807, 2.05) is 19.9 Å². The van der Waals surface area contributed by atoms with E-state index in [9.17, 15) is 5.11 Å². The molecule has 0 amide bonds. The minimum absolute atomic E-state index is 0.0287. The third-order valence-corrected chi connectivity index (χ3v) is 2.78. The van der Waals surface area contributed by atoms with Gasteiger partial charge in [-0.1, -0.05) is 26.8 Å². The number of hydrogen-bond donors (Lipinski definition) is 1. The van der Waals surface area contributed by atoms with Crippen molar-refractivity contribution in [3.05, 3.63) is 29.3 Å². The zero-order chi connectivity index (χ0) is 12.6. The summed E-state index contributed by atoms with van der Waals surface area (Å²) in [6, 6.07) is 7.68. The molecule has 0 spiro atoms. The standard InChI is InChI=1S/C14H19NO/c1-13(2,3)10-6-11(8-12(16)7-10)14(4,5)9-15/h6-8,16H,1-5H3. The molecule has 0 aliphatic rings. The van der Waals surface area contributed by atoms with Gasteiger partial charge in [-0.2, -0.15) is 5.26 Å². The molecule has 1 aromatic carbocycles. The van der Waals surface area contributed by atoms with E-state index >= 15 is 0 Å². The minimum atomic E-state index is -0.571. The van der Waals surface area contributed by atoms with E-state index in [0.717, 1.165) is 11.1 Å². The molecule has 2 heteroatoms. The second-order valence-electron chi connectivity index (χ2n) is 5.76. The molecule has 0 fully saturated rings. The normalized spacial score (nSPS) is 12.2. The maximum atomic E-state index is 9.71. The molecule has 1 N–H and O–H groups in total. The summed E-state index contributed by atoms with van der Waals surface area (Å²) in [4.78, 5) is 0. The van der Waals surface area contributed by atoms with Gasteiger partial charge in [-0.3, -0.25) is 0 Å². The highest BCUT2D eigenvalue weighted by Gasteiger charge is 2.23. The summed E-state index contributed by atoms with van der Waals surface area (Å²) in [5.41, 5.74) is 1.31. The van der Waals surface area contributed by atoms with E-state index < -0.39 is 5.41 Å². The van der Waals surface area contributed by atoms with Crippen molar-refractivity contribution in [2.24, 2.45) is 0 Å². The Hall–Kier alpha value is -1.49. The van der Waals surface area contributed by atoms with Gasteiger partial charge in [-0.25, -0.2) is 0 Å². The van der Waals surface area contributed by atoms with Gasteiger partial charge in [0.2, 0.25) is 0 Å². The molecule has 0 aliphatic carbocycles. The third-order valence-electron chi connectivity index (χ3n) is 2.78. The first-order valence-electron chi connectivity index (χ1n) is 5.43. The van der Waals surface area contributed by atoms with Crippen LogP contribution in [0.25, 0.3) is 0 Å². The van der Waals surface area contributed by atoms with E-state index in [2.05, 4.69) is 26.8 Å². The summed E-state index contributed by atoms with van der Waals surface area (Å²) in [7, 11) is 0. The largest absolute Gasteiger partial charge is 0.508 e. The van der Waals surface area contributed by atoms with E-state index in [4.69, 9.17) is 5.26 Å². The van der Waals surface area contributed by atoms with Gasteiger partial charge in [0.05, 0.1) is 11.5 Å². The summed E-state index contributed by atoms with van der Waals surface area (Å²) in [6.07, 6.45) is 0. The van der Waals surface area contributed by atoms with Gasteiger partial charge in [0.1, 0.15) is 5.75 Å². The Kier molecular flexibility index (Phi) is 3.01. The van der Waals surface area contributed by atoms with Crippen LogP contribution in [0, 0.1) is 11.3 Å². The second-order valence-corrected chi connectivity index (χ2v) is 5.76. The number of phenolic OH excluding ortho intramolecular Hbond substituents is 1. The van der Waals surface area contributed by atoms with Gasteiger partial charge in [-0.05, 0) is 42.5 Å². The van der Waals surface area contributed by atoms with Crippen LogP contribution in [0.5, 0.6) is 5.75 Å². The van der Waals surface area contributed by atoms with Crippen molar-refractivity contribution in [3.63, 3.8) is 0 Å². The van der Waals surface area contributed by atoms with Crippen molar-refractivity contribution in [2.45, 2.75) is 45.4 Å². The van der Waals surface area contributed by atoms with Crippen molar-refractivity contribution in [1.82, 2.24) is 0 Å². The first kappa shape index (κ1) is 12.6. The van der Waals surface area contributed by atoms with Crippen molar-refractivity contribution < 1.29 is 5.11 Å². The van der Waals surface area contributed by atoms with Crippen LogP contribution in [0.3, 0.4) is 0 Å². The maximum absolute atomic E-state index is 9.71. The Morgan fingerprint density at radius 2 is 1.50 bits per heavy atom. The van der Waals surface area contributed by atoms with Crippen LogP contribution in [0.4, 0.5) is 0 Å². The first-order valence-corrected chi connectivity index (χ1v) is 5.43. The van der Waals surface area contributed by atoms with Crippen molar-refractivity contribution in [3.8, 4) is 11.8 Å². The third kappa shape index (κ3) is 2.55. The number of nitriles is 1. The summed E-state index contributed by atoms with van der Waals surface area (Å²) in [6.45, 7) is 9.98. The lowest BCUT2D eigenvalue weighted by molar-refractivity contribution is 0.468. The molecule has 1 aromatic rings. The molecule has 0 heterocycles. The van der Waals surface area contributed by atoms with Gasteiger partial charge >= 0.3 is 0 Å². The molecule has 0 saturated heterocycles. The van der Waals surface area contributed by atoms with Crippen LogP contribution >= 0.6 is 0 Å². The molecular formula is C14H19NO. The molecule has 2 nitrogen and oxygen atoms in total. The molecule has 1 rings (SSSR count). The van der Waals surface area contributed by atoms with E-state index in [0.29, 0.717) is 0 Å². The van der Waals surface area contributed by atoms with Crippen LogP contribution in [-0.4, -0.2) is 5.11 Å². The molecular weight excluding hydrogens is 198 g/mol. The number of hydrogen-bond acceptors (Lipinski definition) is 2. The summed E-state index contributed by atoms with van der Waals surface area (Å²) in [5, 5.41) is 18.8. The zero-order valence-corrected chi connectivity index (χ0v) is 10.6. The Labute approximate surface area is 97.5 Å². The average molecular weight is 217 g/mol. The molecule has 0 aliphatic heterocycles. The Morgan fingerprint density at radius 1 is 1.00 bits per heavy atom. The molecule has 0 bridgehead atoms. The molecule has 0 aromatic heterocycles. The average Bonchev–Trinajstić information content (AvgIpc) is 2.15. The topological polar surface area (TPSA) is 44.0 Å². The molecule has 0 radical (unpaired) electrons. The van der Waals surface area contributed by atoms with E-state index in [1.165, 1.54) is 0 Å². The number of aromatic hydroxyl groups is 1. The molecule has 0 saturated carbocycles. The first-order chi connectivity index (χ1) is 7.16. The van der Waals surface area contributed by atoms with Crippen LogP contribution in [-0.2, 0) is 10.8 Å². The van der Waals surface area contributed by atoms with Crippen LogP contribution in [0.15, 0.2) is 18.2 Å². The lowest BCUT2D eigenvalue weighted by atomic mass is 9.80. The number of rotatable bonds is 1. The minimum Gasteiger partial charge on any atom is -0.508 e. The number of phenols is 1.